The predicted molar refractivity (Wildman–Crippen MR) is 158 cm³/mol. The molecule has 1 aromatic carbocycles. The number of halogens is 4. The second-order valence-electron chi connectivity index (χ2n) is 12.2. The maximum Gasteiger partial charge on any atom is 0.416 e. The van der Waals surface area contributed by atoms with E-state index in [9.17, 15) is 22.8 Å². The Morgan fingerprint density at radius 1 is 0.884 bits per heavy atom. The Morgan fingerprint density at radius 2 is 1.58 bits per heavy atom. The number of benzene rings is 1. The Bertz CT molecular complexity index is 1270. The summed E-state index contributed by atoms with van der Waals surface area (Å²) in [6, 6.07) is 5.78. The molecule has 43 heavy (non-hydrogen) atoms. The van der Waals surface area contributed by atoms with Crippen molar-refractivity contribution in [1.29, 1.82) is 0 Å². The molecule has 2 aromatic rings. The molecule has 6 rings (SSSR count). The van der Waals surface area contributed by atoms with Gasteiger partial charge in [0.05, 0.1) is 29.1 Å². The molecule has 12 heteroatoms. The lowest BCUT2D eigenvalue weighted by atomic mass is 9.93. The second-order valence-corrected chi connectivity index (χ2v) is 12.2. The fraction of sp³-hybridized carbons (Fsp3) is 0.645. The molecule has 1 aromatic heterocycles. The van der Waals surface area contributed by atoms with Crippen LogP contribution in [0.2, 0.25) is 0 Å². The van der Waals surface area contributed by atoms with E-state index in [4.69, 9.17) is 4.74 Å². The fourth-order valence-electron chi connectivity index (χ4n) is 6.90. The van der Waals surface area contributed by atoms with Crippen molar-refractivity contribution < 1.29 is 27.5 Å². The maximum atomic E-state index is 13.7. The average Bonchev–Trinajstić information content (AvgIpc) is 3.54. The van der Waals surface area contributed by atoms with Crippen molar-refractivity contribution >= 4 is 24.4 Å². The van der Waals surface area contributed by atoms with E-state index >= 15 is 0 Å². The predicted octanol–water partition coefficient (Wildman–Crippen LogP) is 6.09. The van der Waals surface area contributed by atoms with Crippen molar-refractivity contribution in [1.82, 2.24) is 24.5 Å². The zero-order valence-corrected chi connectivity index (χ0v) is 25.3. The Morgan fingerprint density at radius 3 is 2.28 bits per heavy atom. The lowest BCUT2D eigenvalue weighted by Gasteiger charge is -2.32. The number of alkyl halides is 3. The van der Waals surface area contributed by atoms with Gasteiger partial charge in [-0.3, -0.25) is 14.4 Å². The Hall–Kier alpha value is -2.79. The fourth-order valence-corrected chi connectivity index (χ4v) is 6.90. The number of hydrogen-bond acceptors (Lipinski definition) is 5. The SMILES string of the molecule is Cl.O=C(OCCN1CCCCC1)N1CCC(n2ncc(C(=O)N3CC[C@@H](c4ccccc4C(F)(F)F)C3)c2C2CC2)CC1. The van der Waals surface area contributed by atoms with Crippen LogP contribution >= 0.6 is 12.4 Å². The number of carbonyl (C=O) groups excluding carboxylic acids is 2. The van der Waals surface area contributed by atoms with E-state index in [1.165, 1.54) is 31.4 Å². The van der Waals surface area contributed by atoms with Crippen LogP contribution in [0.5, 0.6) is 0 Å². The van der Waals surface area contributed by atoms with Crippen LogP contribution in [-0.2, 0) is 10.9 Å². The summed E-state index contributed by atoms with van der Waals surface area (Å²) in [6.07, 6.45) is 4.61. The van der Waals surface area contributed by atoms with Gasteiger partial charge < -0.3 is 14.5 Å². The van der Waals surface area contributed by atoms with Gasteiger partial charge in [0.1, 0.15) is 6.61 Å². The maximum absolute atomic E-state index is 13.7. The first-order valence-corrected chi connectivity index (χ1v) is 15.5. The minimum atomic E-state index is -4.42. The molecule has 0 unspecified atom stereocenters. The molecule has 0 bridgehead atoms. The number of carbonyl (C=O) groups is 2. The highest BCUT2D eigenvalue weighted by molar-refractivity contribution is 5.95. The highest BCUT2D eigenvalue weighted by Gasteiger charge is 2.40. The van der Waals surface area contributed by atoms with Gasteiger partial charge in [0, 0.05) is 44.6 Å². The van der Waals surface area contributed by atoms with Gasteiger partial charge in [-0.05, 0) is 69.7 Å². The summed E-state index contributed by atoms with van der Waals surface area (Å²) in [5, 5.41) is 4.67. The molecular formula is C31H41ClF3N5O3. The summed E-state index contributed by atoms with van der Waals surface area (Å²) in [4.78, 5) is 32.2. The van der Waals surface area contributed by atoms with Crippen LogP contribution in [0.25, 0.3) is 0 Å². The van der Waals surface area contributed by atoms with Crippen LogP contribution in [0.4, 0.5) is 18.0 Å². The van der Waals surface area contributed by atoms with Crippen LogP contribution in [-0.4, -0.2) is 88.9 Å². The molecule has 4 heterocycles. The molecule has 0 radical (unpaired) electrons. The van der Waals surface area contributed by atoms with E-state index in [0.29, 0.717) is 38.2 Å². The number of amides is 2. The van der Waals surface area contributed by atoms with Crippen LogP contribution in [0.3, 0.4) is 0 Å². The Balaban J connectivity index is 0.00000368. The van der Waals surface area contributed by atoms with Gasteiger partial charge in [0.15, 0.2) is 0 Å². The van der Waals surface area contributed by atoms with Crippen LogP contribution in [0, 0.1) is 0 Å². The molecular weight excluding hydrogens is 583 g/mol. The molecule has 3 saturated heterocycles. The largest absolute Gasteiger partial charge is 0.448 e. The Kier molecular flexibility index (Phi) is 9.90. The van der Waals surface area contributed by atoms with Crippen molar-refractivity contribution in [2.24, 2.45) is 0 Å². The van der Waals surface area contributed by atoms with E-state index in [1.54, 1.807) is 22.1 Å². The van der Waals surface area contributed by atoms with Crippen LogP contribution < -0.4 is 0 Å². The normalized spacial score (nSPS) is 22.0. The third kappa shape index (κ3) is 7.14. The number of rotatable bonds is 7. The first-order valence-electron chi connectivity index (χ1n) is 15.5. The zero-order valence-electron chi connectivity index (χ0n) is 24.4. The van der Waals surface area contributed by atoms with E-state index in [-0.39, 0.29) is 54.4 Å². The summed E-state index contributed by atoms with van der Waals surface area (Å²) in [5.41, 5.74) is 1.16. The van der Waals surface area contributed by atoms with Gasteiger partial charge in [-0.2, -0.15) is 18.3 Å². The number of likely N-dealkylation sites (tertiary alicyclic amines) is 3. The first-order chi connectivity index (χ1) is 20.3. The molecule has 8 nitrogen and oxygen atoms in total. The third-order valence-electron chi connectivity index (χ3n) is 9.36. The minimum Gasteiger partial charge on any atom is -0.448 e. The van der Waals surface area contributed by atoms with E-state index in [1.807, 2.05) is 4.68 Å². The van der Waals surface area contributed by atoms with Crippen LogP contribution in [0.15, 0.2) is 30.5 Å². The van der Waals surface area contributed by atoms with E-state index in [0.717, 1.165) is 57.1 Å². The highest BCUT2D eigenvalue weighted by Crippen LogP contribution is 2.44. The molecule has 4 fully saturated rings. The third-order valence-corrected chi connectivity index (χ3v) is 9.36. The van der Waals surface area contributed by atoms with Gasteiger partial charge in [-0.25, -0.2) is 4.79 Å². The molecule has 236 valence electrons. The van der Waals surface area contributed by atoms with E-state index in [2.05, 4.69) is 10.00 Å². The smallest absolute Gasteiger partial charge is 0.416 e. The van der Waals surface area contributed by atoms with Gasteiger partial charge in [0.25, 0.3) is 5.91 Å². The molecule has 1 aliphatic carbocycles. The summed E-state index contributed by atoms with van der Waals surface area (Å²) < 4.78 is 48.4. The summed E-state index contributed by atoms with van der Waals surface area (Å²) >= 11 is 0. The van der Waals surface area contributed by atoms with Gasteiger partial charge in [-0.15, -0.1) is 12.4 Å². The topological polar surface area (TPSA) is 70.9 Å². The first kappa shape index (κ1) is 31.6. The lowest BCUT2D eigenvalue weighted by Crippen LogP contribution is -2.41. The van der Waals surface area contributed by atoms with Gasteiger partial charge in [-0.1, -0.05) is 24.6 Å². The van der Waals surface area contributed by atoms with Crippen molar-refractivity contribution in [2.45, 2.75) is 75.4 Å². The van der Waals surface area contributed by atoms with Crippen molar-refractivity contribution in [2.75, 3.05) is 52.4 Å². The number of nitrogens with zero attached hydrogens (tertiary/aromatic N) is 5. The minimum absolute atomic E-state index is 0. The molecule has 4 aliphatic rings. The van der Waals surface area contributed by atoms with Gasteiger partial charge >= 0.3 is 12.3 Å². The number of ether oxygens (including phenoxy) is 1. The van der Waals surface area contributed by atoms with E-state index < -0.39 is 11.7 Å². The van der Waals surface area contributed by atoms with Crippen molar-refractivity contribution in [3.05, 3.63) is 52.8 Å². The highest BCUT2D eigenvalue weighted by atomic mass is 35.5. The quantitative estimate of drug-likeness (QED) is 0.373. The van der Waals surface area contributed by atoms with Gasteiger partial charge in [0.2, 0.25) is 0 Å². The van der Waals surface area contributed by atoms with Crippen LogP contribution in [0.1, 0.15) is 96.4 Å². The lowest BCUT2D eigenvalue weighted by molar-refractivity contribution is -0.138. The second kappa shape index (κ2) is 13.5. The molecule has 2 amide bonds. The monoisotopic (exact) mass is 623 g/mol. The molecule has 3 aliphatic heterocycles. The van der Waals surface area contributed by atoms with Crippen molar-refractivity contribution in [3.63, 3.8) is 0 Å². The molecule has 1 atom stereocenters. The summed E-state index contributed by atoms with van der Waals surface area (Å²) in [6.45, 7) is 5.18. The summed E-state index contributed by atoms with van der Waals surface area (Å²) in [7, 11) is 0. The van der Waals surface area contributed by atoms with Crippen molar-refractivity contribution in [3.8, 4) is 0 Å². The molecule has 1 saturated carbocycles. The number of hydrogen-bond donors (Lipinski definition) is 0. The molecule has 0 N–H and O–H groups in total. The Labute approximate surface area is 256 Å². The number of piperidine rings is 2. The summed E-state index contributed by atoms with van der Waals surface area (Å²) in [5.74, 6) is -0.228. The molecule has 0 spiro atoms. The average molecular weight is 624 g/mol. The zero-order chi connectivity index (χ0) is 29.3. The standard InChI is InChI=1S/C31H40F3N5O3.ClH/c32-31(33,34)27-7-3-2-6-25(27)23-10-15-38(21-23)29(40)26-20-35-39(28(26)22-8-9-22)24-11-16-37(17-12-24)30(41)42-19-18-36-13-4-1-5-14-36;/h2-3,6-7,20,22-24H,1,4-5,8-19,21H2;1H/t23-;/m1./s1. The number of aromatic nitrogens is 2.